The third kappa shape index (κ3) is 3.79. The van der Waals surface area contributed by atoms with Crippen molar-refractivity contribution in [1.82, 2.24) is 18.9 Å². The van der Waals surface area contributed by atoms with Crippen LogP contribution in [0.15, 0.2) is 44.9 Å². The SMILES string of the molecule is CCN(CC)c1cc2c(cc1N=Cc1c(C)[nH]n(-c3ccc(C)c(C)c3)c1=O)n(C)c(=O)n2C. The van der Waals surface area contributed by atoms with Crippen molar-refractivity contribution < 1.29 is 0 Å². The third-order valence-electron chi connectivity index (χ3n) is 6.67. The van der Waals surface area contributed by atoms with Crippen LogP contribution in [0.3, 0.4) is 0 Å². The minimum Gasteiger partial charge on any atom is -0.370 e. The lowest BCUT2D eigenvalue weighted by molar-refractivity contribution is 0.795. The molecule has 2 heterocycles. The summed E-state index contributed by atoms with van der Waals surface area (Å²) in [5, 5.41) is 3.18. The topological polar surface area (TPSA) is 80.3 Å². The number of benzene rings is 2. The van der Waals surface area contributed by atoms with Gasteiger partial charge in [-0.15, -0.1) is 0 Å². The van der Waals surface area contributed by atoms with Crippen molar-refractivity contribution in [3.63, 3.8) is 0 Å². The van der Waals surface area contributed by atoms with E-state index in [0.29, 0.717) is 5.56 Å². The van der Waals surface area contributed by atoms with Gasteiger partial charge in [-0.05, 0) is 70.0 Å². The first-order valence-electron chi connectivity index (χ1n) is 11.6. The highest BCUT2D eigenvalue weighted by molar-refractivity contribution is 5.91. The van der Waals surface area contributed by atoms with Crippen molar-refractivity contribution >= 4 is 28.6 Å². The van der Waals surface area contributed by atoms with Gasteiger partial charge in [0.25, 0.3) is 5.56 Å². The number of imidazole rings is 1. The molecule has 0 spiro atoms. The zero-order valence-electron chi connectivity index (χ0n) is 20.9. The molecular formula is C26H32N6O2. The first-order chi connectivity index (χ1) is 16.2. The Morgan fingerprint density at radius 2 is 1.59 bits per heavy atom. The van der Waals surface area contributed by atoms with Crippen molar-refractivity contribution in [2.45, 2.75) is 34.6 Å². The molecule has 0 unspecified atom stereocenters. The van der Waals surface area contributed by atoms with Crippen LogP contribution in [0.1, 0.15) is 36.2 Å². The van der Waals surface area contributed by atoms with Crippen molar-refractivity contribution in [2.75, 3.05) is 18.0 Å². The quantitative estimate of drug-likeness (QED) is 0.444. The average molecular weight is 461 g/mol. The number of H-pyrrole nitrogens is 1. The summed E-state index contributed by atoms with van der Waals surface area (Å²) in [6, 6.07) is 9.87. The predicted octanol–water partition coefficient (Wildman–Crippen LogP) is 3.88. The molecule has 8 nitrogen and oxygen atoms in total. The number of nitrogens with one attached hydrogen (secondary N) is 1. The average Bonchev–Trinajstić information content (AvgIpc) is 3.22. The van der Waals surface area contributed by atoms with Crippen molar-refractivity contribution in [3.8, 4) is 5.69 Å². The Balaban J connectivity index is 1.85. The van der Waals surface area contributed by atoms with Crippen LogP contribution in [0.5, 0.6) is 0 Å². The van der Waals surface area contributed by atoms with Crippen LogP contribution in [0.25, 0.3) is 16.7 Å². The summed E-state index contributed by atoms with van der Waals surface area (Å²) >= 11 is 0. The molecule has 4 rings (SSSR count). The van der Waals surface area contributed by atoms with Gasteiger partial charge in [0.05, 0.1) is 33.7 Å². The number of aryl methyl sites for hydroxylation is 5. The van der Waals surface area contributed by atoms with E-state index in [9.17, 15) is 9.59 Å². The largest absolute Gasteiger partial charge is 0.370 e. The number of rotatable bonds is 6. The van der Waals surface area contributed by atoms with E-state index in [2.05, 4.69) is 23.8 Å². The monoisotopic (exact) mass is 460 g/mol. The summed E-state index contributed by atoms with van der Waals surface area (Å²) in [5.74, 6) is 0. The number of hydrogen-bond acceptors (Lipinski definition) is 4. The maximum atomic E-state index is 13.2. The summed E-state index contributed by atoms with van der Waals surface area (Å²) in [5.41, 5.74) is 7.40. The molecule has 2 aromatic carbocycles. The van der Waals surface area contributed by atoms with Crippen LogP contribution < -0.4 is 16.1 Å². The molecule has 2 aromatic heterocycles. The smallest absolute Gasteiger partial charge is 0.328 e. The summed E-state index contributed by atoms with van der Waals surface area (Å²) in [4.78, 5) is 32.7. The third-order valence-corrected chi connectivity index (χ3v) is 6.67. The zero-order chi connectivity index (χ0) is 24.7. The lowest BCUT2D eigenvalue weighted by atomic mass is 10.1. The summed E-state index contributed by atoms with van der Waals surface area (Å²) in [7, 11) is 3.53. The van der Waals surface area contributed by atoms with Gasteiger partial charge in [-0.1, -0.05) is 6.07 Å². The minimum absolute atomic E-state index is 0.0839. The van der Waals surface area contributed by atoms with Gasteiger partial charge in [-0.25, -0.2) is 9.48 Å². The van der Waals surface area contributed by atoms with E-state index >= 15 is 0 Å². The Bertz CT molecular complexity index is 1530. The van der Waals surface area contributed by atoms with Gasteiger partial charge in [-0.2, -0.15) is 0 Å². The highest BCUT2D eigenvalue weighted by Gasteiger charge is 2.16. The van der Waals surface area contributed by atoms with Crippen LogP contribution in [0.4, 0.5) is 11.4 Å². The van der Waals surface area contributed by atoms with Crippen molar-refractivity contribution in [2.24, 2.45) is 19.1 Å². The molecule has 0 saturated carbocycles. The molecule has 0 fully saturated rings. The van der Waals surface area contributed by atoms with Gasteiger partial charge in [-0.3, -0.25) is 24.0 Å². The highest BCUT2D eigenvalue weighted by Crippen LogP contribution is 2.33. The predicted molar refractivity (Wildman–Crippen MR) is 140 cm³/mol. The molecule has 0 aliphatic heterocycles. The lowest BCUT2D eigenvalue weighted by Crippen LogP contribution is -2.22. The Kier molecular flexibility index (Phi) is 6.08. The van der Waals surface area contributed by atoms with Crippen LogP contribution in [0, 0.1) is 20.8 Å². The molecule has 178 valence electrons. The second kappa shape index (κ2) is 8.85. The molecule has 4 aromatic rings. The minimum atomic E-state index is -0.151. The van der Waals surface area contributed by atoms with Crippen LogP contribution >= 0.6 is 0 Å². The molecule has 0 aliphatic carbocycles. The molecule has 0 saturated heterocycles. The molecule has 34 heavy (non-hydrogen) atoms. The lowest BCUT2D eigenvalue weighted by Gasteiger charge is -2.23. The Morgan fingerprint density at radius 3 is 2.21 bits per heavy atom. The first kappa shape index (κ1) is 23.4. The van der Waals surface area contributed by atoms with Crippen LogP contribution in [-0.2, 0) is 14.1 Å². The van der Waals surface area contributed by atoms with E-state index in [-0.39, 0.29) is 11.2 Å². The fourth-order valence-corrected chi connectivity index (χ4v) is 4.34. The van der Waals surface area contributed by atoms with Crippen LogP contribution in [0.2, 0.25) is 0 Å². The van der Waals surface area contributed by atoms with E-state index in [0.717, 1.165) is 52.4 Å². The number of hydrogen-bond donors (Lipinski definition) is 1. The summed E-state index contributed by atoms with van der Waals surface area (Å²) < 4.78 is 4.82. The van der Waals surface area contributed by atoms with E-state index < -0.39 is 0 Å². The molecule has 0 atom stereocenters. The number of nitrogens with zero attached hydrogens (tertiary/aromatic N) is 5. The van der Waals surface area contributed by atoms with Crippen LogP contribution in [-0.4, -0.2) is 38.2 Å². The molecule has 0 radical (unpaired) electrons. The summed E-state index contributed by atoms with van der Waals surface area (Å²) in [6.07, 6.45) is 1.63. The maximum absolute atomic E-state index is 13.2. The highest BCUT2D eigenvalue weighted by atomic mass is 16.1. The molecule has 1 N–H and O–H groups in total. The molecule has 0 aliphatic rings. The fourth-order valence-electron chi connectivity index (χ4n) is 4.34. The van der Waals surface area contributed by atoms with E-state index in [1.807, 2.05) is 51.1 Å². The summed E-state index contributed by atoms with van der Waals surface area (Å²) in [6.45, 7) is 11.7. The fraction of sp³-hybridized carbons (Fsp3) is 0.346. The number of aromatic amines is 1. The van der Waals surface area contributed by atoms with Gasteiger partial charge in [0, 0.05) is 39.1 Å². The Labute approximate surface area is 198 Å². The Hall–Kier alpha value is -3.81. The van der Waals surface area contributed by atoms with Gasteiger partial charge >= 0.3 is 5.69 Å². The zero-order valence-corrected chi connectivity index (χ0v) is 20.9. The number of fused-ring (bicyclic) bond motifs is 1. The van der Waals surface area contributed by atoms with Gasteiger partial charge in [0.15, 0.2) is 0 Å². The van der Waals surface area contributed by atoms with E-state index in [1.54, 1.807) is 34.1 Å². The van der Waals surface area contributed by atoms with Gasteiger partial charge in [0.1, 0.15) is 0 Å². The second-order valence-electron chi connectivity index (χ2n) is 8.72. The van der Waals surface area contributed by atoms with Gasteiger partial charge < -0.3 is 4.90 Å². The molecular weight excluding hydrogens is 428 g/mol. The number of aromatic nitrogens is 4. The molecule has 0 bridgehead atoms. The number of aliphatic imine (C=N–C) groups is 1. The number of anilines is 1. The maximum Gasteiger partial charge on any atom is 0.328 e. The van der Waals surface area contributed by atoms with E-state index in [4.69, 9.17) is 4.99 Å². The Morgan fingerprint density at radius 1 is 0.941 bits per heavy atom. The second-order valence-corrected chi connectivity index (χ2v) is 8.72. The van der Waals surface area contributed by atoms with Gasteiger partial charge in [0.2, 0.25) is 0 Å². The van der Waals surface area contributed by atoms with Crippen molar-refractivity contribution in [1.29, 1.82) is 0 Å². The molecule has 0 amide bonds. The standard InChI is InChI=1S/C26H32N6O2/c1-8-31(9-2)22-14-24-23(29(6)26(34)30(24)7)13-21(22)27-15-20-18(5)28-32(25(20)33)19-11-10-16(3)17(4)12-19/h10-15,28H,8-9H2,1-7H3. The first-order valence-corrected chi connectivity index (χ1v) is 11.6. The molecule has 8 heteroatoms. The van der Waals surface area contributed by atoms with Crippen molar-refractivity contribution in [3.05, 3.63) is 73.6 Å². The van der Waals surface area contributed by atoms with E-state index in [1.165, 1.54) is 5.56 Å². The normalized spacial score (nSPS) is 11.7.